The summed E-state index contributed by atoms with van der Waals surface area (Å²) >= 11 is 0. The number of piperidine rings is 1. The smallest absolute Gasteiger partial charge is 0.128 e. The molecule has 3 nitrogen and oxygen atoms in total. The van der Waals surface area contributed by atoms with Crippen LogP contribution in [0.2, 0.25) is 0 Å². The zero-order valence-electron chi connectivity index (χ0n) is 12.6. The summed E-state index contributed by atoms with van der Waals surface area (Å²) in [7, 11) is 0. The standard InChI is InChI=1S/C17H27N3/c1-14-7-3-4-8-16(14)19-15-9-10-17(18-13-15)20-11-5-2-6-12-20/h9-10,13-14,16,19H,2-8,11-12H2,1H3. The van der Waals surface area contributed by atoms with Gasteiger partial charge in [-0.2, -0.15) is 0 Å². The van der Waals surface area contributed by atoms with Crippen molar-refractivity contribution < 1.29 is 0 Å². The lowest BCUT2D eigenvalue weighted by Gasteiger charge is -2.31. The Morgan fingerprint density at radius 1 is 1.05 bits per heavy atom. The van der Waals surface area contributed by atoms with E-state index in [2.05, 4.69) is 34.3 Å². The fraction of sp³-hybridized carbons (Fsp3) is 0.706. The highest BCUT2D eigenvalue weighted by Gasteiger charge is 2.21. The van der Waals surface area contributed by atoms with Crippen molar-refractivity contribution in [3.8, 4) is 0 Å². The van der Waals surface area contributed by atoms with Crippen molar-refractivity contribution in [3.63, 3.8) is 0 Å². The summed E-state index contributed by atoms with van der Waals surface area (Å²) in [5.74, 6) is 1.93. The summed E-state index contributed by atoms with van der Waals surface area (Å²) in [6.45, 7) is 4.70. The first-order chi connectivity index (χ1) is 9.83. The molecule has 2 aliphatic rings. The maximum absolute atomic E-state index is 4.66. The molecule has 0 spiro atoms. The van der Waals surface area contributed by atoms with E-state index in [1.54, 1.807) is 0 Å². The van der Waals surface area contributed by atoms with Crippen LogP contribution < -0.4 is 10.2 Å². The number of pyridine rings is 1. The molecule has 0 amide bonds. The first-order valence-corrected chi connectivity index (χ1v) is 8.30. The molecule has 20 heavy (non-hydrogen) atoms. The predicted molar refractivity (Wildman–Crippen MR) is 85.3 cm³/mol. The molecule has 1 saturated carbocycles. The summed E-state index contributed by atoms with van der Waals surface area (Å²) in [5.41, 5.74) is 1.18. The van der Waals surface area contributed by atoms with E-state index in [1.807, 2.05) is 6.20 Å². The average molecular weight is 273 g/mol. The van der Waals surface area contributed by atoms with E-state index in [4.69, 9.17) is 0 Å². The van der Waals surface area contributed by atoms with Crippen LogP contribution in [0.3, 0.4) is 0 Å². The van der Waals surface area contributed by atoms with Crippen molar-refractivity contribution in [2.24, 2.45) is 5.92 Å². The van der Waals surface area contributed by atoms with Gasteiger partial charge in [-0.1, -0.05) is 19.8 Å². The molecule has 2 unspecified atom stereocenters. The number of aromatic nitrogens is 1. The zero-order chi connectivity index (χ0) is 13.8. The van der Waals surface area contributed by atoms with Gasteiger partial charge in [-0.25, -0.2) is 4.98 Å². The summed E-state index contributed by atoms with van der Waals surface area (Å²) in [4.78, 5) is 7.07. The van der Waals surface area contributed by atoms with Gasteiger partial charge in [-0.3, -0.25) is 0 Å². The summed E-state index contributed by atoms with van der Waals surface area (Å²) < 4.78 is 0. The van der Waals surface area contributed by atoms with Gasteiger partial charge in [0.2, 0.25) is 0 Å². The number of nitrogens with one attached hydrogen (secondary N) is 1. The molecule has 3 heteroatoms. The minimum absolute atomic E-state index is 0.631. The van der Waals surface area contributed by atoms with Gasteiger partial charge >= 0.3 is 0 Å². The quantitative estimate of drug-likeness (QED) is 0.900. The lowest BCUT2D eigenvalue weighted by Crippen LogP contribution is -2.31. The third-order valence-electron chi connectivity index (χ3n) is 4.89. The Labute approximate surface area is 122 Å². The minimum atomic E-state index is 0.631. The number of rotatable bonds is 3. The number of hydrogen-bond acceptors (Lipinski definition) is 3. The van der Waals surface area contributed by atoms with E-state index < -0.39 is 0 Å². The Bertz CT molecular complexity index is 409. The van der Waals surface area contributed by atoms with Crippen molar-refractivity contribution in [3.05, 3.63) is 18.3 Å². The van der Waals surface area contributed by atoms with E-state index in [0.29, 0.717) is 6.04 Å². The van der Waals surface area contributed by atoms with Gasteiger partial charge in [0.05, 0.1) is 11.9 Å². The highest BCUT2D eigenvalue weighted by atomic mass is 15.2. The van der Waals surface area contributed by atoms with Crippen LogP contribution in [0.5, 0.6) is 0 Å². The lowest BCUT2D eigenvalue weighted by molar-refractivity contribution is 0.349. The molecule has 1 aliphatic carbocycles. The van der Waals surface area contributed by atoms with Crippen molar-refractivity contribution in [2.45, 2.75) is 57.9 Å². The molecule has 1 aliphatic heterocycles. The molecule has 110 valence electrons. The number of nitrogens with zero attached hydrogens (tertiary/aromatic N) is 2. The molecule has 2 atom stereocenters. The zero-order valence-corrected chi connectivity index (χ0v) is 12.6. The van der Waals surface area contributed by atoms with Gasteiger partial charge in [0, 0.05) is 19.1 Å². The third-order valence-corrected chi connectivity index (χ3v) is 4.89. The first kappa shape index (κ1) is 13.7. The van der Waals surface area contributed by atoms with Crippen molar-refractivity contribution >= 4 is 11.5 Å². The molecule has 1 N–H and O–H groups in total. The largest absolute Gasteiger partial charge is 0.381 e. The Morgan fingerprint density at radius 3 is 2.55 bits per heavy atom. The van der Waals surface area contributed by atoms with Crippen molar-refractivity contribution in [1.29, 1.82) is 0 Å². The van der Waals surface area contributed by atoms with E-state index in [9.17, 15) is 0 Å². The van der Waals surface area contributed by atoms with Gasteiger partial charge < -0.3 is 10.2 Å². The fourth-order valence-corrected chi connectivity index (χ4v) is 3.53. The van der Waals surface area contributed by atoms with E-state index in [1.165, 1.54) is 63.7 Å². The SMILES string of the molecule is CC1CCCCC1Nc1ccc(N2CCCCC2)nc1. The number of hydrogen-bond donors (Lipinski definition) is 1. The van der Waals surface area contributed by atoms with Crippen LogP contribution in [0.25, 0.3) is 0 Å². The second-order valence-electron chi connectivity index (χ2n) is 6.47. The lowest BCUT2D eigenvalue weighted by atomic mass is 9.86. The molecule has 1 saturated heterocycles. The van der Waals surface area contributed by atoms with Crippen molar-refractivity contribution in [2.75, 3.05) is 23.3 Å². The van der Waals surface area contributed by atoms with Gasteiger partial charge in [0.25, 0.3) is 0 Å². The Balaban J connectivity index is 1.60. The molecule has 1 aromatic rings. The summed E-state index contributed by atoms with van der Waals surface area (Å²) in [6, 6.07) is 5.02. The van der Waals surface area contributed by atoms with Gasteiger partial charge in [0.1, 0.15) is 5.82 Å². The molecule has 1 aromatic heterocycles. The molecular formula is C17H27N3. The molecule has 0 bridgehead atoms. The molecule has 0 radical (unpaired) electrons. The Hall–Kier alpha value is -1.25. The van der Waals surface area contributed by atoms with Crippen molar-refractivity contribution in [1.82, 2.24) is 4.98 Å². The van der Waals surface area contributed by atoms with Crippen LogP contribution in [0, 0.1) is 5.92 Å². The second-order valence-corrected chi connectivity index (χ2v) is 6.47. The highest BCUT2D eigenvalue weighted by Crippen LogP contribution is 2.27. The molecule has 0 aromatic carbocycles. The minimum Gasteiger partial charge on any atom is -0.381 e. The second kappa shape index (κ2) is 6.47. The monoisotopic (exact) mass is 273 g/mol. The van der Waals surface area contributed by atoms with E-state index in [0.717, 1.165) is 11.7 Å². The van der Waals surface area contributed by atoms with E-state index in [-0.39, 0.29) is 0 Å². The summed E-state index contributed by atoms with van der Waals surface area (Å²) in [5, 5.41) is 3.68. The van der Waals surface area contributed by atoms with Gasteiger partial charge in [-0.05, 0) is 50.2 Å². The molecule has 2 heterocycles. The summed E-state index contributed by atoms with van der Waals surface area (Å²) in [6.07, 6.45) is 11.4. The van der Waals surface area contributed by atoms with Crippen LogP contribution in [0.1, 0.15) is 51.9 Å². The van der Waals surface area contributed by atoms with Crippen LogP contribution in [0.15, 0.2) is 18.3 Å². The molecule has 3 rings (SSSR count). The molecule has 2 fully saturated rings. The average Bonchev–Trinajstić information content (AvgIpc) is 2.51. The predicted octanol–water partition coefficient (Wildman–Crippen LogP) is 4.06. The van der Waals surface area contributed by atoms with Crippen LogP contribution in [-0.2, 0) is 0 Å². The topological polar surface area (TPSA) is 28.2 Å². The van der Waals surface area contributed by atoms with E-state index >= 15 is 0 Å². The number of anilines is 2. The van der Waals surface area contributed by atoms with Gasteiger partial charge in [0.15, 0.2) is 0 Å². The fourth-order valence-electron chi connectivity index (χ4n) is 3.53. The molecular weight excluding hydrogens is 246 g/mol. The van der Waals surface area contributed by atoms with Crippen LogP contribution in [0.4, 0.5) is 11.5 Å². The Morgan fingerprint density at radius 2 is 1.85 bits per heavy atom. The maximum Gasteiger partial charge on any atom is 0.128 e. The van der Waals surface area contributed by atoms with Crippen LogP contribution >= 0.6 is 0 Å². The first-order valence-electron chi connectivity index (χ1n) is 8.30. The third kappa shape index (κ3) is 3.25. The van der Waals surface area contributed by atoms with Crippen LogP contribution in [-0.4, -0.2) is 24.1 Å². The normalized spacial score (nSPS) is 27.4. The Kier molecular flexibility index (Phi) is 4.44. The highest BCUT2D eigenvalue weighted by molar-refractivity contribution is 5.49. The van der Waals surface area contributed by atoms with Gasteiger partial charge in [-0.15, -0.1) is 0 Å². The maximum atomic E-state index is 4.66.